The van der Waals surface area contributed by atoms with Crippen LogP contribution >= 0.6 is 0 Å². The molecule has 2 aliphatic rings. The highest BCUT2D eigenvalue weighted by molar-refractivity contribution is 6.12. The zero-order chi connectivity index (χ0) is 23.1. The molecular weight excluding hydrogens is 400 g/mol. The van der Waals surface area contributed by atoms with E-state index in [4.69, 9.17) is 5.10 Å². The number of aryl methyl sites for hydroxylation is 1. The Labute approximate surface area is 191 Å². The molecule has 6 nitrogen and oxygen atoms in total. The number of fused-ring (bicyclic) bond motifs is 1. The normalized spacial score (nSPS) is 22.4. The molecule has 1 saturated carbocycles. The van der Waals surface area contributed by atoms with Gasteiger partial charge in [0.15, 0.2) is 0 Å². The molecule has 1 aliphatic heterocycles. The van der Waals surface area contributed by atoms with Gasteiger partial charge in [-0.15, -0.1) is 0 Å². The van der Waals surface area contributed by atoms with Gasteiger partial charge in [0.1, 0.15) is 11.2 Å². The van der Waals surface area contributed by atoms with Gasteiger partial charge in [0.05, 0.1) is 12.2 Å². The van der Waals surface area contributed by atoms with Crippen molar-refractivity contribution in [1.82, 2.24) is 15.1 Å². The molecule has 0 spiro atoms. The Kier molecular flexibility index (Phi) is 5.91. The maximum absolute atomic E-state index is 13.9. The number of hydrogen-bond donors (Lipinski definition) is 1. The fourth-order valence-electron chi connectivity index (χ4n) is 4.90. The van der Waals surface area contributed by atoms with E-state index in [2.05, 4.69) is 26.1 Å². The molecule has 0 radical (unpaired) electrons. The molecule has 2 heterocycles. The quantitative estimate of drug-likeness (QED) is 0.706. The van der Waals surface area contributed by atoms with Gasteiger partial charge in [-0.25, -0.2) is 0 Å². The third-order valence-electron chi connectivity index (χ3n) is 6.96. The van der Waals surface area contributed by atoms with Crippen molar-refractivity contribution in [2.24, 2.45) is 0 Å². The molecule has 0 unspecified atom stereocenters. The molecule has 1 atom stereocenters. The van der Waals surface area contributed by atoms with Crippen LogP contribution in [0.3, 0.4) is 0 Å². The smallest absolute Gasteiger partial charge is 0.277 e. The minimum atomic E-state index is -1.07. The average Bonchev–Trinajstić information content (AvgIpc) is 3.00. The molecule has 1 fully saturated rings. The van der Waals surface area contributed by atoms with Crippen LogP contribution in [0.1, 0.15) is 88.0 Å². The minimum absolute atomic E-state index is 0.0977. The van der Waals surface area contributed by atoms with Crippen LogP contribution in [0.15, 0.2) is 30.3 Å². The number of nitrogens with one attached hydrogen (secondary N) is 1. The van der Waals surface area contributed by atoms with Gasteiger partial charge >= 0.3 is 0 Å². The van der Waals surface area contributed by atoms with Gasteiger partial charge < -0.3 is 5.32 Å². The van der Waals surface area contributed by atoms with Crippen LogP contribution in [0, 0.1) is 6.92 Å². The highest BCUT2D eigenvalue weighted by atomic mass is 16.2. The summed E-state index contributed by atoms with van der Waals surface area (Å²) in [5.74, 6) is -0.272. The van der Waals surface area contributed by atoms with Crippen molar-refractivity contribution in [3.63, 3.8) is 0 Å². The van der Waals surface area contributed by atoms with Gasteiger partial charge in [-0.2, -0.15) is 5.10 Å². The molecule has 2 aromatic rings. The summed E-state index contributed by atoms with van der Waals surface area (Å²) in [4.78, 5) is 29.4. The number of benzene rings is 1. The van der Waals surface area contributed by atoms with E-state index in [0.717, 1.165) is 42.6 Å². The van der Waals surface area contributed by atoms with E-state index in [0.29, 0.717) is 12.2 Å². The lowest BCUT2D eigenvalue weighted by Crippen LogP contribution is -2.65. The molecule has 0 saturated heterocycles. The SMILES string of the molecule is Cc1ccccc1N1C(=O)c2cc(C(C)(C)C)nn2C[C@@]1(C)C(=O)NC1CCCCCC1. The summed E-state index contributed by atoms with van der Waals surface area (Å²) < 4.78 is 1.74. The third-order valence-corrected chi connectivity index (χ3v) is 6.96. The Morgan fingerprint density at radius 2 is 1.78 bits per heavy atom. The van der Waals surface area contributed by atoms with Crippen LogP contribution in [0.25, 0.3) is 0 Å². The number of hydrogen-bond acceptors (Lipinski definition) is 3. The Balaban J connectivity index is 1.77. The monoisotopic (exact) mass is 436 g/mol. The lowest BCUT2D eigenvalue weighted by atomic mass is 9.91. The summed E-state index contributed by atoms with van der Waals surface area (Å²) in [6, 6.07) is 9.85. The van der Waals surface area contributed by atoms with Crippen molar-refractivity contribution in [2.45, 2.75) is 96.7 Å². The topological polar surface area (TPSA) is 67.2 Å². The summed E-state index contributed by atoms with van der Waals surface area (Å²) in [5.41, 5.74) is 1.90. The number of anilines is 1. The van der Waals surface area contributed by atoms with Gasteiger partial charge in [0.2, 0.25) is 5.91 Å². The number of rotatable bonds is 3. The number of carbonyl (C=O) groups excluding carboxylic acids is 2. The van der Waals surface area contributed by atoms with E-state index < -0.39 is 5.54 Å². The van der Waals surface area contributed by atoms with Crippen LogP contribution in [-0.2, 0) is 16.8 Å². The minimum Gasteiger partial charge on any atom is -0.351 e. The molecule has 0 bridgehead atoms. The molecule has 32 heavy (non-hydrogen) atoms. The zero-order valence-electron chi connectivity index (χ0n) is 20.1. The van der Waals surface area contributed by atoms with Crippen molar-refractivity contribution in [3.8, 4) is 0 Å². The van der Waals surface area contributed by atoms with Gasteiger partial charge in [0, 0.05) is 17.1 Å². The van der Waals surface area contributed by atoms with E-state index in [1.54, 1.807) is 9.58 Å². The van der Waals surface area contributed by atoms with Crippen molar-refractivity contribution in [1.29, 1.82) is 0 Å². The Morgan fingerprint density at radius 3 is 2.41 bits per heavy atom. The molecule has 4 rings (SSSR count). The molecule has 2 amide bonds. The molecule has 1 N–H and O–H groups in total. The van der Waals surface area contributed by atoms with Crippen LogP contribution in [0.4, 0.5) is 5.69 Å². The fourth-order valence-corrected chi connectivity index (χ4v) is 4.90. The van der Waals surface area contributed by atoms with Crippen molar-refractivity contribution in [2.75, 3.05) is 4.90 Å². The Hall–Kier alpha value is -2.63. The highest BCUT2D eigenvalue weighted by Gasteiger charge is 2.49. The second-order valence-corrected chi connectivity index (χ2v) is 10.7. The number of carbonyl (C=O) groups is 2. The van der Waals surface area contributed by atoms with Gasteiger partial charge in [-0.05, 0) is 44.4 Å². The first-order valence-electron chi connectivity index (χ1n) is 11.9. The predicted molar refractivity (Wildman–Crippen MR) is 127 cm³/mol. The van der Waals surface area contributed by atoms with Crippen molar-refractivity contribution in [3.05, 3.63) is 47.3 Å². The lowest BCUT2D eigenvalue weighted by Gasteiger charge is -2.44. The maximum atomic E-state index is 13.9. The maximum Gasteiger partial charge on any atom is 0.277 e. The average molecular weight is 437 g/mol. The second kappa shape index (κ2) is 8.38. The van der Waals surface area contributed by atoms with Crippen LogP contribution in [0.2, 0.25) is 0 Å². The van der Waals surface area contributed by atoms with E-state index in [9.17, 15) is 9.59 Å². The molecular formula is C26H36N4O2. The van der Waals surface area contributed by atoms with E-state index >= 15 is 0 Å². The number of nitrogens with zero attached hydrogens (tertiary/aromatic N) is 3. The third kappa shape index (κ3) is 4.07. The molecule has 6 heteroatoms. The van der Waals surface area contributed by atoms with Gasteiger partial charge in [-0.1, -0.05) is 64.7 Å². The van der Waals surface area contributed by atoms with Crippen molar-refractivity contribution < 1.29 is 9.59 Å². The fraction of sp³-hybridized carbons (Fsp3) is 0.577. The van der Waals surface area contributed by atoms with Gasteiger partial charge in [0.25, 0.3) is 5.91 Å². The number of para-hydroxylation sites is 1. The standard InChI is InChI=1S/C26H36N4O2/c1-18-12-10-11-15-20(18)30-23(31)21-16-22(25(2,3)4)28-29(21)17-26(30,5)24(32)27-19-13-8-6-7-9-14-19/h10-12,15-16,19H,6-9,13-14,17H2,1-5H3,(H,27,32)/t26-/m0/s1. The molecule has 1 aliphatic carbocycles. The van der Waals surface area contributed by atoms with Crippen LogP contribution < -0.4 is 10.2 Å². The van der Waals surface area contributed by atoms with E-state index in [1.807, 2.05) is 44.2 Å². The zero-order valence-corrected chi connectivity index (χ0v) is 20.1. The lowest BCUT2D eigenvalue weighted by molar-refractivity contribution is -0.127. The number of aromatic nitrogens is 2. The van der Waals surface area contributed by atoms with E-state index in [-0.39, 0.29) is 23.3 Å². The van der Waals surface area contributed by atoms with Crippen LogP contribution in [-0.4, -0.2) is 33.2 Å². The summed E-state index contributed by atoms with van der Waals surface area (Å²) in [7, 11) is 0. The van der Waals surface area contributed by atoms with Crippen LogP contribution in [0.5, 0.6) is 0 Å². The van der Waals surface area contributed by atoms with Crippen molar-refractivity contribution >= 4 is 17.5 Å². The first-order chi connectivity index (χ1) is 15.1. The Morgan fingerprint density at radius 1 is 1.12 bits per heavy atom. The summed E-state index contributed by atoms with van der Waals surface area (Å²) in [6.07, 6.45) is 6.73. The first kappa shape index (κ1) is 22.6. The van der Waals surface area contributed by atoms with E-state index in [1.165, 1.54) is 12.8 Å². The Bertz CT molecular complexity index is 1010. The highest BCUT2D eigenvalue weighted by Crippen LogP contribution is 2.36. The summed E-state index contributed by atoms with van der Waals surface area (Å²) in [6.45, 7) is 10.5. The second-order valence-electron chi connectivity index (χ2n) is 10.7. The summed E-state index contributed by atoms with van der Waals surface area (Å²) in [5, 5.41) is 8.05. The predicted octanol–water partition coefficient (Wildman–Crippen LogP) is 4.75. The first-order valence-corrected chi connectivity index (χ1v) is 11.9. The molecule has 172 valence electrons. The molecule has 1 aromatic carbocycles. The van der Waals surface area contributed by atoms with Gasteiger partial charge in [-0.3, -0.25) is 19.2 Å². The largest absolute Gasteiger partial charge is 0.351 e. The molecule has 1 aromatic heterocycles. The number of amides is 2. The summed E-state index contributed by atoms with van der Waals surface area (Å²) >= 11 is 0.